The highest BCUT2D eigenvalue weighted by Crippen LogP contribution is 2.11. The van der Waals surface area contributed by atoms with Crippen molar-refractivity contribution in [2.75, 3.05) is 13.2 Å². The van der Waals surface area contributed by atoms with E-state index >= 15 is 0 Å². The molecule has 1 rings (SSSR count). The van der Waals surface area contributed by atoms with E-state index in [0.717, 1.165) is 0 Å². The fraction of sp³-hybridized carbons (Fsp3) is 0.857. The van der Waals surface area contributed by atoms with Crippen LogP contribution in [-0.2, 0) is 4.74 Å². The Morgan fingerprint density at radius 1 is 1.45 bits per heavy atom. The molecule has 1 aliphatic rings. The smallest absolute Gasteiger partial charge is 0.189 e. The fourth-order valence-corrected chi connectivity index (χ4v) is 1.48. The maximum Gasteiger partial charge on any atom is 0.189 e. The Labute approximate surface area is 66.8 Å². The molecule has 1 aliphatic heterocycles. The molecule has 0 aromatic heterocycles. The molecule has 0 spiro atoms. The summed E-state index contributed by atoms with van der Waals surface area (Å²) in [6, 6.07) is 0.465. The van der Waals surface area contributed by atoms with Gasteiger partial charge in [0.2, 0.25) is 0 Å². The summed E-state index contributed by atoms with van der Waals surface area (Å²) in [7, 11) is 0. The molecule has 0 aromatic carbocycles. The molecular weight excluding hydrogens is 142 g/mol. The lowest BCUT2D eigenvalue weighted by Gasteiger charge is -2.38. The molecule has 1 heterocycles. The highest BCUT2D eigenvalue weighted by atomic mass is 16.5. The SMILES string of the molecule is C[C@H]1COC[C@H](C)N1C(=N)N. The van der Waals surface area contributed by atoms with Crippen molar-refractivity contribution in [1.82, 2.24) is 4.90 Å². The van der Waals surface area contributed by atoms with Gasteiger partial charge in [0.25, 0.3) is 0 Å². The van der Waals surface area contributed by atoms with Gasteiger partial charge in [-0.1, -0.05) is 0 Å². The summed E-state index contributed by atoms with van der Waals surface area (Å²) < 4.78 is 5.28. The molecule has 0 unspecified atom stereocenters. The Morgan fingerprint density at radius 3 is 2.18 bits per heavy atom. The van der Waals surface area contributed by atoms with Gasteiger partial charge in [-0.05, 0) is 13.8 Å². The van der Waals surface area contributed by atoms with Crippen molar-refractivity contribution in [2.24, 2.45) is 5.73 Å². The molecule has 3 N–H and O–H groups in total. The van der Waals surface area contributed by atoms with Gasteiger partial charge in [-0.25, -0.2) is 0 Å². The monoisotopic (exact) mass is 157 g/mol. The van der Waals surface area contributed by atoms with Gasteiger partial charge in [-0.2, -0.15) is 0 Å². The summed E-state index contributed by atoms with van der Waals surface area (Å²) in [5.74, 6) is 0.147. The maximum atomic E-state index is 7.30. The Morgan fingerprint density at radius 2 is 1.91 bits per heavy atom. The quantitative estimate of drug-likeness (QED) is 0.384. The molecule has 0 saturated carbocycles. The summed E-state index contributed by atoms with van der Waals surface area (Å²) in [4.78, 5) is 1.88. The molecule has 4 heteroatoms. The first-order valence-corrected chi connectivity index (χ1v) is 3.83. The molecule has 0 radical (unpaired) electrons. The third-order valence-electron chi connectivity index (χ3n) is 1.95. The van der Waals surface area contributed by atoms with Crippen LogP contribution in [0.1, 0.15) is 13.8 Å². The highest BCUT2D eigenvalue weighted by molar-refractivity contribution is 5.75. The molecule has 0 amide bonds. The molecule has 2 atom stereocenters. The zero-order chi connectivity index (χ0) is 8.43. The van der Waals surface area contributed by atoms with Crippen molar-refractivity contribution in [3.63, 3.8) is 0 Å². The van der Waals surface area contributed by atoms with Crippen LogP contribution in [-0.4, -0.2) is 36.2 Å². The minimum atomic E-state index is 0.147. The third kappa shape index (κ3) is 1.63. The predicted molar refractivity (Wildman–Crippen MR) is 43.5 cm³/mol. The Balaban J connectivity index is 2.62. The molecule has 1 saturated heterocycles. The number of nitrogens with two attached hydrogens (primary N) is 1. The molecule has 0 bridgehead atoms. The van der Waals surface area contributed by atoms with E-state index in [0.29, 0.717) is 13.2 Å². The normalized spacial score (nSPS) is 32.0. The summed E-state index contributed by atoms with van der Waals surface area (Å²) in [5.41, 5.74) is 5.40. The van der Waals surface area contributed by atoms with Crippen molar-refractivity contribution >= 4 is 5.96 Å². The van der Waals surface area contributed by atoms with Crippen LogP contribution < -0.4 is 5.73 Å². The van der Waals surface area contributed by atoms with Crippen molar-refractivity contribution in [1.29, 1.82) is 5.41 Å². The van der Waals surface area contributed by atoms with E-state index in [9.17, 15) is 0 Å². The van der Waals surface area contributed by atoms with Crippen LogP contribution in [0.15, 0.2) is 0 Å². The highest BCUT2D eigenvalue weighted by Gasteiger charge is 2.25. The molecule has 0 aliphatic carbocycles. The number of rotatable bonds is 0. The van der Waals surface area contributed by atoms with E-state index in [4.69, 9.17) is 15.9 Å². The average molecular weight is 157 g/mol. The van der Waals surface area contributed by atoms with Crippen LogP contribution in [0.4, 0.5) is 0 Å². The second-order valence-electron chi connectivity index (χ2n) is 3.03. The van der Waals surface area contributed by atoms with E-state index in [1.807, 2.05) is 18.7 Å². The van der Waals surface area contributed by atoms with Gasteiger partial charge in [0, 0.05) is 0 Å². The zero-order valence-electron chi connectivity index (χ0n) is 7.00. The molecule has 1 fully saturated rings. The van der Waals surface area contributed by atoms with E-state index in [1.165, 1.54) is 0 Å². The number of hydrogen-bond acceptors (Lipinski definition) is 2. The van der Waals surface area contributed by atoms with Crippen molar-refractivity contribution in [3.05, 3.63) is 0 Å². The van der Waals surface area contributed by atoms with Crippen LogP contribution in [0, 0.1) is 5.41 Å². The van der Waals surface area contributed by atoms with Crippen LogP contribution in [0.3, 0.4) is 0 Å². The fourth-order valence-electron chi connectivity index (χ4n) is 1.48. The predicted octanol–water partition coefficient (Wildman–Crippen LogP) is -0.0109. The van der Waals surface area contributed by atoms with E-state index in [2.05, 4.69) is 0 Å². The first-order chi connectivity index (χ1) is 5.13. The Bertz CT molecular complexity index is 150. The topological polar surface area (TPSA) is 62.3 Å². The van der Waals surface area contributed by atoms with Gasteiger partial charge >= 0.3 is 0 Å². The summed E-state index contributed by atoms with van der Waals surface area (Å²) in [6.07, 6.45) is 0. The number of nitrogens with one attached hydrogen (secondary N) is 1. The summed E-state index contributed by atoms with van der Waals surface area (Å²) in [6.45, 7) is 5.36. The Kier molecular flexibility index (Phi) is 2.34. The summed E-state index contributed by atoms with van der Waals surface area (Å²) in [5, 5.41) is 7.30. The minimum Gasteiger partial charge on any atom is -0.377 e. The summed E-state index contributed by atoms with van der Waals surface area (Å²) >= 11 is 0. The van der Waals surface area contributed by atoms with Gasteiger partial charge in [-0.15, -0.1) is 0 Å². The van der Waals surface area contributed by atoms with Crippen LogP contribution in [0.25, 0.3) is 0 Å². The van der Waals surface area contributed by atoms with Crippen molar-refractivity contribution < 1.29 is 4.74 Å². The third-order valence-corrected chi connectivity index (χ3v) is 1.95. The second-order valence-corrected chi connectivity index (χ2v) is 3.03. The van der Waals surface area contributed by atoms with Gasteiger partial charge in [0.05, 0.1) is 25.3 Å². The lowest BCUT2D eigenvalue weighted by atomic mass is 10.2. The molecule has 0 aromatic rings. The van der Waals surface area contributed by atoms with Crippen LogP contribution >= 0.6 is 0 Å². The average Bonchev–Trinajstić information content (AvgIpc) is 1.85. The molecule has 4 nitrogen and oxygen atoms in total. The van der Waals surface area contributed by atoms with Gasteiger partial charge in [0.1, 0.15) is 0 Å². The van der Waals surface area contributed by atoms with Crippen LogP contribution in [0.2, 0.25) is 0 Å². The number of morpholine rings is 1. The number of nitrogens with zero attached hydrogens (tertiary/aromatic N) is 1. The number of guanidine groups is 1. The van der Waals surface area contributed by atoms with Crippen molar-refractivity contribution in [3.8, 4) is 0 Å². The van der Waals surface area contributed by atoms with E-state index in [-0.39, 0.29) is 18.0 Å². The van der Waals surface area contributed by atoms with Crippen molar-refractivity contribution in [2.45, 2.75) is 25.9 Å². The lowest BCUT2D eigenvalue weighted by Crippen LogP contribution is -2.54. The van der Waals surface area contributed by atoms with Gasteiger partial charge in [0.15, 0.2) is 5.96 Å². The van der Waals surface area contributed by atoms with E-state index in [1.54, 1.807) is 0 Å². The maximum absolute atomic E-state index is 7.30. The molecular formula is C7H15N3O. The Hall–Kier alpha value is -0.770. The first-order valence-electron chi connectivity index (χ1n) is 3.83. The molecule has 64 valence electrons. The number of ether oxygens (including phenoxy) is 1. The van der Waals surface area contributed by atoms with E-state index < -0.39 is 0 Å². The van der Waals surface area contributed by atoms with Crippen LogP contribution in [0.5, 0.6) is 0 Å². The second kappa shape index (κ2) is 3.09. The minimum absolute atomic E-state index is 0.147. The lowest BCUT2D eigenvalue weighted by molar-refractivity contribution is -0.00163. The number of hydrogen-bond donors (Lipinski definition) is 2. The van der Waals surface area contributed by atoms with Gasteiger partial charge < -0.3 is 15.4 Å². The zero-order valence-corrected chi connectivity index (χ0v) is 7.00. The largest absolute Gasteiger partial charge is 0.377 e. The first kappa shape index (κ1) is 8.33. The van der Waals surface area contributed by atoms with Gasteiger partial charge in [-0.3, -0.25) is 5.41 Å². The molecule has 11 heavy (non-hydrogen) atoms. The standard InChI is InChI=1S/C7H15N3O/c1-5-3-11-4-6(2)10(5)7(8)9/h5-6H,3-4H2,1-2H3,(H3,8,9)/t5-,6-/m0/s1.